The minimum atomic E-state index is -1.44. The highest BCUT2D eigenvalue weighted by Crippen LogP contribution is 2.40. The van der Waals surface area contributed by atoms with Crippen LogP contribution in [0.2, 0.25) is 15.1 Å². The molecule has 6 nitrogen and oxygen atoms in total. The molecule has 0 amide bonds. The summed E-state index contributed by atoms with van der Waals surface area (Å²) >= 11 is 22.2. The van der Waals surface area contributed by atoms with Crippen molar-refractivity contribution < 1.29 is 9.92 Å². The van der Waals surface area contributed by atoms with Gasteiger partial charge in [-0.2, -0.15) is 0 Å². The lowest BCUT2D eigenvalue weighted by atomic mass is 9.86. The minimum absolute atomic E-state index is 0.0465. The number of aromatic nitrogens is 2. The lowest BCUT2D eigenvalue weighted by Crippen LogP contribution is -2.39. The van der Waals surface area contributed by atoms with Crippen LogP contribution in [0, 0.1) is 10.1 Å². The Morgan fingerprint density at radius 2 is 1.93 bits per heavy atom. The van der Waals surface area contributed by atoms with Crippen LogP contribution in [-0.4, -0.2) is 14.6 Å². The van der Waals surface area contributed by atoms with Crippen molar-refractivity contribution in [3.05, 3.63) is 95.9 Å². The van der Waals surface area contributed by atoms with Gasteiger partial charge < -0.3 is 9.40 Å². The largest absolute Gasteiger partial charge is 0.335 e. The van der Waals surface area contributed by atoms with Crippen LogP contribution >= 0.6 is 50.7 Å². The highest BCUT2D eigenvalue weighted by Gasteiger charge is 2.40. The molecule has 1 aromatic heterocycles. The molecule has 0 fully saturated rings. The van der Waals surface area contributed by atoms with Crippen LogP contribution in [0.15, 0.2) is 59.6 Å². The van der Waals surface area contributed by atoms with E-state index in [9.17, 15) is 10.1 Å². The summed E-state index contributed by atoms with van der Waals surface area (Å²) in [4.78, 5) is 20.8. The zero-order valence-corrected chi connectivity index (χ0v) is 18.0. The lowest BCUT2D eigenvalue weighted by molar-refractivity contribution is -0.785. The Balaban J connectivity index is 2.21. The maximum absolute atomic E-state index is 11.5. The molecule has 0 radical (unpaired) electrons. The Bertz CT molecular complexity index is 981. The van der Waals surface area contributed by atoms with Crippen LogP contribution in [0.1, 0.15) is 11.1 Å². The van der Waals surface area contributed by atoms with Gasteiger partial charge in [0.15, 0.2) is 5.60 Å². The maximum Gasteiger partial charge on any atom is 0.295 e. The van der Waals surface area contributed by atoms with E-state index in [0.717, 1.165) is 0 Å². The quantitative estimate of drug-likeness (QED) is 0.294. The van der Waals surface area contributed by atoms with E-state index in [0.29, 0.717) is 30.7 Å². The number of halogens is 4. The van der Waals surface area contributed by atoms with Gasteiger partial charge in [0.2, 0.25) is 0 Å². The number of rotatable bonds is 7. The van der Waals surface area contributed by atoms with Crippen LogP contribution < -0.4 is 0 Å². The molecule has 0 saturated carbocycles. The Morgan fingerprint density at radius 3 is 2.50 bits per heavy atom. The number of nitrogens with zero attached hydrogens (tertiary/aromatic N) is 3. The standard InChI is InChI=1S/C18H13BrCl3N3O3/c19-15-8-12(20)4-5-14(15)18(28-25(26)27,10-24-7-6-23-11-24)9-13-16(21)2-1-3-17(13)22/h1-8,11H,9-10H2. The predicted molar refractivity (Wildman–Crippen MR) is 111 cm³/mol. The van der Waals surface area contributed by atoms with Gasteiger partial charge in [0, 0.05) is 43.9 Å². The molecule has 0 N–H and O–H groups in total. The fraction of sp³-hybridized carbons (Fsp3) is 0.167. The molecule has 0 aliphatic heterocycles. The third-order valence-electron chi connectivity index (χ3n) is 4.19. The van der Waals surface area contributed by atoms with E-state index in [-0.39, 0.29) is 13.0 Å². The average Bonchev–Trinajstić information content (AvgIpc) is 3.10. The zero-order valence-electron chi connectivity index (χ0n) is 14.2. The normalized spacial score (nSPS) is 13.1. The van der Waals surface area contributed by atoms with Gasteiger partial charge in [-0.05, 0) is 29.8 Å². The van der Waals surface area contributed by atoms with E-state index >= 15 is 0 Å². The maximum atomic E-state index is 11.5. The molecule has 1 heterocycles. The van der Waals surface area contributed by atoms with Gasteiger partial charge >= 0.3 is 0 Å². The minimum Gasteiger partial charge on any atom is -0.335 e. The first kappa shape index (κ1) is 20.9. The van der Waals surface area contributed by atoms with Gasteiger partial charge in [-0.25, -0.2) is 4.98 Å². The highest BCUT2D eigenvalue weighted by atomic mass is 79.9. The average molecular weight is 506 g/mol. The second kappa shape index (κ2) is 8.69. The van der Waals surface area contributed by atoms with Crippen molar-refractivity contribution >= 4 is 50.7 Å². The van der Waals surface area contributed by atoms with Crippen LogP contribution in [0.4, 0.5) is 0 Å². The number of imidazole rings is 1. The molecular formula is C18H13BrCl3N3O3. The van der Waals surface area contributed by atoms with Gasteiger partial charge in [0.1, 0.15) is 0 Å². The van der Waals surface area contributed by atoms with Crippen molar-refractivity contribution in [1.29, 1.82) is 0 Å². The zero-order chi connectivity index (χ0) is 20.3. The molecular weight excluding hydrogens is 492 g/mol. The topological polar surface area (TPSA) is 70.2 Å². The van der Waals surface area contributed by atoms with Crippen molar-refractivity contribution in [2.75, 3.05) is 0 Å². The van der Waals surface area contributed by atoms with Crippen molar-refractivity contribution in [1.82, 2.24) is 9.55 Å². The van der Waals surface area contributed by atoms with Gasteiger partial charge in [0.25, 0.3) is 5.09 Å². The molecule has 28 heavy (non-hydrogen) atoms. The van der Waals surface area contributed by atoms with Crippen molar-refractivity contribution in [2.24, 2.45) is 0 Å². The fourth-order valence-electron chi connectivity index (χ4n) is 3.01. The van der Waals surface area contributed by atoms with Gasteiger partial charge in [-0.15, -0.1) is 10.1 Å². The van der Waals surface area contributed by atoms with Gasteiger partial charge in [-0.3, -0.25) is 0 Å². The highest BCUT2D eigenvalue weighted by molar-refractivity contribution is 9.10. The molecule has 0 aliphatic rings. The van der Waals surface area contributed by atoms with E-state index in [1.807, 2.05) is 0 Å². The molecule has 1 unspecified atom stereocenters. The van der Waals surface area contributed by atoms with E-state index in [1.54, 1.807) is 59.7 Å². The summed E-state index contributed by atoms with van der Waals surface area (Å²) in [5.41, 5.74) is -0.379. The fourth-order valence-corrected chi connectivity index (χ4v) is 4.59. The molecule has 3 rings (SSSR count). The van der Waals surface area contributed by atoms with Crippen molar-refractivity contribution in [3.63, 3.8) is 0 Å². The summed E-state index contributed by atoms with van der Waals surface area (Å²) < 4.78 is 2.25. The summed E-state index contributed by atoms with van der Waals surface area (Å²) in [6, 6.07) is 10.0. The van der Waals surface area contributed by atoms with Crippen LogP contribution in [0.25, 0.3) is 0 Å². The monoisotopic (exact) mass is 503 g/mol. The molecule has 146 valence electrons. The second-order valence-electron chi connectivity index (χ2n) is 6.05. The molecule has 10 heteroatoms. The second-order valence-corrected chi connectivity index (χ2v) is 8.15. The third-order valence-corrected chi connectivity index (χ3v) is 5.79. The van der Waals surface area contributed by atoms with Crippen LogP contribution in [-0.2, 0) is 23.4 Å². The van der Waals surface area contributed by atoms with Gasteiger partial charge in [-0.1, -0.05) is 62.9 Å². The summed E-state index contributed by atoms with van der Waals surface area (Å²) in [5.74, 6) is 0. The first-order chi connectivity index (χ1) is 13.3. The molecule has 1 atom stereocenters. The van der Waals surface area contributed by atoms with E-state index in [1.165, 1.54) is 0 Å². The van der Waals surface area contributed by atoms with E-state index in [2.05, 4.69) is 20.9 Å². The summed E-state index contributed by atoms with van der Waals surface area (Å²) in [7, 11) is 0. The van der Waals surface area contributed by atoms with Gasteiger partial charge in [0.05, 0.1) is 12.9 Å². The Morgan fingerprint density at radius 1 is 1.21 bits per heavy atom. The Labute approximate surface area is 184 Å². The molecule has 0 spiro atoms. The Hall–Kier alpha value is -1.80. The third kappa shape index (κ3) is 4.60. The number of hydrogen-bond acceptors (Lipinski definition) is 4. The van der Waals surface area contributed by atoms with E-state index < -0.39 is 10.7 Å². The lowest BCUT2D eigenvalue weighted by Gasteiger charge is -2.34. The molecule has 0 saturated heterocycles. The molecule has 0 aliphatic carbocycles. The number of benzene rings is 2. The Kier molecular flexibility index (Phi) is 6.50. The van der Waals surface area contributed by atoms with Crippen molar-refractivity contribution in [2.45, 2.75) is 18.6 Å². The SMILES string of the molecule is O=[N+]([O-])OC(Cc1c(Cl)cccc1Cl)(Cn1ccnc1)c1ccc(Cl)cc1Br. The summed E-state index contributed by atoms with van der Waals surface area (Å²) in [6.45, 7) is 0.0930. The predicted octanol–water partition coefficient (Wildman–Crippen LogP) is 5.95. The first-order valence-electron chi connectivity index (χ1n) is 7.98. The van der Waals surface area contributed by atoms with Crippen molar-refractivity contribution in [3.8, 4) is 0 Å². The van der Waals surface area contributed by atoms with Crippen LogP contribution in [0.5, 0.6) is 0 Å². The summed E-state index contributed by atoms with van der Waals surface area (Å²) in [6.07, 6.45) is 4.87. The molecule has 2 aromatic carbocycles. The molecule has 3 aromatic rings. The van der Waals surface area contributed by atoms with Crippen LogP contribution in [0.3, 0.4) is 0 Å². The first-order valence-corrected chi connectivity index (χ1v) is 9.91. The molecule has 0 bridgehead atoms. The number of hydrogen-bond donors (Lipinski definition) is 0. The smallest absolute Gasteiger partial charge is 0.295 e. The summed E-state index contributed by atoms with van der Waals surface area (Å²) in [5, 5.41) is 11.9. The van der Waals surface area contributed by atoms with E-state index in [4.69, 9.17) is 39.6 Å².